The van der Waals surface area contributed by atoms with Gasteiger partial charge in [0.15, 0.2) is 0 Å². The number of pyridine rings is 1. The molecule has 0 atom stereocenters. The van der Waals surface area contributed by atoms with Gasteiger partial charge in [-0.25, -0.2) is 13.8 Å². The first kappa shape index (κ1) is 12.1. The van der Waals surface area contributed by atoms with E-state index in [0.29, 0.717) is 3.57 Å². The van der Waals surface area contributed by atoms with E-state index in [9.17, 15) is 13.6 Å². The molecule has 0 saturated carbocycles. The van der Waals surface area contributed by atoms with Crippen LogP contribution in [0.15, 0.2) is 6.20 Å². The first-order valence-corrected chi connectivity index (χ1v) is 4.87. The lowest BCUT2D eigenvalue weighted by Gasteiger charge is -2.11. The molecule has 0 fully saturated rings. The zero-order valence-electron chi connectivity index (χ0n) is 7.63. The smallest absolute Gasteiger partial charge is 0.269 e. The molecule has 0 bridgehead atoms. The summed E-state index contributed by atoms with van der Waals surface area (Å²) in [4.78, 5) is 14.4. The van der Waals surface area contributed by atoms with Gasteiger partial charge in [-0.3, -0.25) is 4.79 Å². The topological polar surface area (TPSA) is 65.2 Å². The molecule has 0 radical (unpaired) electrons. The Bertz CT molecular complexity index is 398. The number of carbonyl (C=O) groups excluding carboxylic acids is 1. The second kappa shape index (κ2) is 4.69. The summed E-state index contributed by atoms with van der Waals surface area (Å²) in [5.41, 5.74) is 3.92. The predicted molar refractivity (Wildman–Crippen MR) is 57.0 cm³/mol. The monoisotopic (exact) mass is 328 g/mol. The molecule has 7 heteroatoms. The van der Waals surface area contributed by atoms with Crippen LogP contribution in [0.3, 0.4) is 0 Å². The van der Waals surface area contributed by atoms with Crippen molar-refractivity contribution in [3.05, 3.63) is 21.0 Å². The average molecular weight is 328 g/mol. The Labute approximate surface area is 98.0 Å². The number of carbonyl (C=O) groups is 1. The SMILES string of the molecule is COc1c(I)cnc(C(N)=O)c1C(F)F. The van der Waals surface area contributed by atoms with E-state index >= 15 is 0 Å². The minimum Gasteiger partial charge on any atom is -0.495 e. The number of rotatable bonds is 3. The zero-order chi connectivity index (χ0) is 11.6. The van der Waals surface area contributed by atoms with Crippen LogP contribution in [-0.4, -0.2) is 18.0 Å². The van der Waals surface area contributed by atoms with E-state index in [-0.39, 0.29) is 5.75 Å². The molecular formula is C8H7F2IN2O2. The number of aromatic nitrogens is 1. The lowest BCUT2D eigenvalue weighted by molar-refractivity contribution is 0.0977. The van der Waals surface area contributed by atoms with Crippen LogP contribution >= 0.6 is 22.6 Å². The molecule has 0 saturated heterocycles. The maximum atomic E-state index is 12.7. The number of hydrogen-bond acceptors (Lipinski definition) is 3. The molecule has 0 aliphatic carbocycles. The highest BCUT2D eigenvalue weighted by atomic mass is 127. The maximum Gasteiger partial charge on any atom is 0.269 e. The van der Waals surface area contributed by atoms with Crippen LogP contribution in [0.25, 0.3) is 0 Å². The van der Waals surface area contributed by atoms with Crippen LogP contribution in [0, 0.1) is 3.57 Å². The molecule has 0 aliphatic heterocycles. The van der Waals surface area contributed by atoms with E-state index in [1.807, 2.05) is 0 Å². The summed E-state index contributed by atoms with van der Waals surface area (Å²) in [6.45, 7) is 0. The number of amides is 1. The minimum atomic E-state index is -2.86. The van der Waals surface area contributed by atoms with Gasteiger partial charge in [-0.15, -0.1) is 0 Å². The van der Waals surface area contributed by atoms with Crippen molar-refractivity contribution in [1.29, 1.82) is 0 Å². The molecule has 2 N–H and O–H groups in total. The van der Waals surface area contributed by atoms with Crippen molar-refractivity contribution < 1.29 is 18.3 Å². The van der Waals surface area contributed by atoms with E-state index in [0.717, 1.165) is 0 Å². The van der Waals surface area contributed by atoms with E-state index in [2.05, 4.69) is 4.98 Å². The van der Waals surface area contributed by atoms with Gasteiger partial charge in [-0.1, -0.05) is 0 Å². The fourth-order valence-corrected chi connectivity index (χ4v) is 1.74. The Balaban J connectivity index is 3.49. The first-order valence-electron chi connectivity index (χ1n) is 3.79. The number of primary amides is 1. The number of alkyl halides is 2. The van der Waals surface area contributed by atoms with Crippen molar-refractivity contribution in [2.75, 3.05) is 7.11 Å². The van der Waals surface area contributed by atoms with Gasteiger partial charge in [0, 0.05) is 6.20 Å². The minimum absolute atomic E-state index is 0.0607. The van der Waals surface area contributed by atoms with E-state index in [1.165, 1.54) is 13.3 Å². The van der Waals surface area contributed by atoms with Crippen LogP contribution in [0.2, 0.25) is 0 Å². The third kappa shape index (κ3) is 2.33. The van der Waals surface area contributed by atoms with Crippen molar-refractivity contribution >= 4 is 28.5 Å². The van der Waals surface area contributed by atoms with Crippen LogP contribution in [0.5, 0.6) is 5.75 Å². The molecule has 0 spiro atoms. The Morgan fingerprint density at radius 3 is 2.67 bits per heavy atom. The van der Waals surface area contributed by atoms with E-state index < -0.39 is 23.6 Å². The molecule has 1 aromatic rings. The van der Waals surface area contributed by atoms with Gasteiger partial charge in [0.1, 0.15) is 11.4 Å². The summed E-state index contributed by atoms with van der Waals surface area (Å²) in [6.07, 6.45) is -1.60. The average Bonchev–Trinajstić information content (AvgIpc) is 2.16. The Morgan fingerprint density at radius 1 is 1.67 bits per heavy atom. The molecule has 1 rings (SSSR count). The van der Waals surface area contributed by atoms with Crippen molar-refractivity contribution in [2.45, 2.75) is 6.43 Å². The molecule has 0 aliphatic rings. The summed E-state index contributed by atoms with van der Waals surface area (Å²) >= 11 is 1.79. The summed E-state index contributed by atoms with van der Waals surface area (Å²) < 4.78 is 30.6. The van der Waals surface area contributed by atoms with E-state index in [4.69, 9.17) is 10.5 Å². The summed E-state index contributed by atoms with van der Waals surface area (Å²) in [7, 11) is 1.24. The highest BCUT2D eigenvalue weighted by molar-refractivity contribution is 14.1. The number of methoxy groups -OCH3 is 1. The molecule has 0 unspecified atom stereocenters. The van der Waals surface area contributed by atoms with Crippen molar-refractivity contribution in [2.24, 2.45) is 5.73 Å². The standard InChI is InChI=1S/C8H7F2IN2O2/c1-15-6-3(11)2-13-5(8(12)14)4(6)7(9)10/h2,7H,1H3,(H2,12,14). The fraction of sp³-hybridized carbons (Fsp3) is 0.250. The number of ether oxygens (including phenoxy) is 1. The molecule has 1 aromatic heterocycles. The molecule has 4 nitrogen and oxygen atoms in total. The number of halogens is 3. The number of nitrogens with two attached hydrogens (primary N) is 1. The second-order valence-electron chi connectivity index (χ2n) is 2.57. The summed E-state index contributed by atoms with van der Waals surface area (Å²) in [5, 5.41) is 0. The van der Waals surface area contributed by atoms with Crippen LogP contribution in [-0.2, 0) is 0 Å². The van der Waals surface area contributed by atoms with Crippen molar-refractivity contribution in [3.63, 3.8) is 0 Å². The number of nitrogens with zero attached hydrogens (tertiary/aromatic N) is 1. The lowest BCUT2D eigenvalue weighted by Crippen LogP contribution is -2.17. The molecule has 1 amide bonds. The molecule has 1 heterocycles. The highest BCUT2D eigenvalue weighted by Crippen LogP contribution is 2.34. The maximum absolute atomic E-state index is 12.7. The molecule has 15 heavy (non-hydrogen) atoms. The second-order valence-corrected chi connectivity index (χ2v) is 3.73. The molecular weight excluding hydrogens is 321 g/mol. The highest BCUT2D eigenvalue weighted by Gasteiger charge is 2.25. The normalized spacial score (nSPS) is 10.5. The van der Waals surface area contributed by atoms with Crippen LogP contribution in [0.1, 0.15) is 22.5 Å². The van der Waals surface area contributed by atoms with Crippen molar-refractivity contribution in [3.8, 4) is 5.75 Å². The van der Waals surface area contributed by atoms with Gasteiger partial charge in [0.25, 0.3) is 12.3 Å². The zero-order valence-corrected chi connectivity index (χ0v) is 9.79. The fourth-order valence-electron chi connectivity index (χ4n) is 1.09. The van der Waals surface area contributed by atoms with Gasteiger partial charge in [0.05, 0.1) is 16.2 Å². The van der Waals surface area contributed by atoms with Gasteiger partial charge in [-0.2, -0.15) is 0 Å². The Morgan fingerprint density at radius 2 is 2.27 bits per heavy atom. The van der Waals surface area contributed by atoms with Gasteiger partial charge < -0.3 is 10.5 Å². The van der Waals surface area contributed by atoms with Crippen LogP contribution < -0.4 is 10.5 Å². The van der Waals surface area contributed by atoms with E-state index in [1.54, 1.807) is 22.6 Å². The van der Waals surface area contributed by atoms with Crippen molar-refractivity contribution in [1.82, 2.24) is 4.98 Å². The quantitative estimate of drug-likeness (QED) is 0.860. The third-order valence-electron chi connectivity index (χ3n) is 1.68. The van der Waals surface area contributed by atoms with Crippen LogP contribution in [0.4, 0.5) is 8.78 Å². The van der Waals surface area contributed by atoms with Gasteiger partial charge in [0.2, 0.25) is 0 Å². The largest absolute Gasteiger partial charge is 0.495 e. The Hall–Kier alpha value is -0.990. The predicted octanol–water partition coefficient (Wildman–Crippen LogP) is 1.73. The lowest BCUT2D eigenvalue weighted by atomic mass is 10.1. The third-order valence-corrected chi connectivity index (χ3v) is 2.45. The van der Waals surface area contributed by atoms with Gasteiger partial charge in [-0.05, 0) is 22.6 Å². The molecule has 0 aromatic carbocycles. The molecule has 82 valence electrons. The Kier molecular flexibility index (Phi) is 3.77. The number of hydrogen-bond donors (Lipinski definition) is 1. The first-order chi connectivity index (χ1) is 6.99. The summed E-state index contributed by atoms with van der Waals surface area (Å²) in [5.74, 6) is -1.06. The van der Waals surface area contributed by atoms with Gasteiger partial charge >= 0.3 is 0 Å². The summed E-state index contributed by atoms with van der Waals surface area (Å²) in [6, 6.07) is 0.